The maximum Gasteiger partial charge on any atom is 0.331 e. The van der Waals surface area contributed by atoms with Crippen LogP contribution in [0.4, 0.5) is 5.69 Å². The van der Waals surface area contributed by atoms with Gasteiger partial charge in [0, 0.05) is 11.8 Å². The van der Waals surface area contributed by atoms with Gasteiger partial charge in [0.1, 0.15) is 5.75 Å². The SMILES string of the molecule is COc1ccc(C=CC(=O)OCC(=O)Nc2ccccc2C)cc1. The highest BCUT2D eigenvalue weighted by Crippen LogP contribution is 2.13. The number of aryl methyl sites for hydroxylation is 1. The molecule has 2 aromatic carbocycles. The van der Waals surface area contributed by atoms with Crippen LogP contribution in [0.5, 0.6) is 5.75 Å². The Bertz CT molecular complexity index is 735. The molecule has 0 radical (unpaired) electrons. The summed E-state index contributed by atoms with van der Waals surface area (Å²) < 4.78 is 9.98. The summed E-state index contributed by atoms with van der Waals surface area (Å²) in [5.74, 6) is -0.219. The lowest BCUT2D eigenvalue weighted by Gasteiger charge is -2.07. The topological polar surface area (TPSA) is 64.6 Å². The first kappa shape index (κ1) is 17.3. The molecule has 0 aliphatic heterocycles. The molecule has 1 N–H and O–H groups in total. The zero-order chi connectivity index (χ0) is 17.4. The maximum atomic E-state index is 11.8. The Morgan fingerprint density at radius 2 is 1.79 bits per heavy atom. The molecule has 0 fully saturated rings. The fraction of sp³-hybridized carbons (Fsp3) is 0.158. The first-order valence-corrected chi connectivity index (χ1v) is 7.43. The Kier molecular flexibility index (Phi) is 6.14. The number of anilines is 1. The number of esters is 1. The Labute approximate surface area is 140 Å². The van der Waals surface area contributed by atoms with Crippen molar-refractivity contribution in [3.8, 4) is 5.75 Å². The van der Waals surface area contributed by atoms with E-state index in [1.807, 2.05) is 37.3 Å². The second kappa shape index (κ2) is 8.53. The number of methoxy groups -OCH3 is 1. The van der Waals surface area contributed by atoms with Gasteiger partial charge in [0.05, 0.1) is 7.11 Å². The van der Waals surface area contributed by atoms with Crippen LogP contribution in [0.3, 0.4) is 0 Å². The molecular formula is C19H19NO4. The molecule has 0 bridgehead atoms. The van der Waals surface area contributed by atoms with Gasteiger partial charge in [-0.25, -0.2) is 4.79 Å². The third-order valence-electron chi connectivity index (χ3n) is 3.29. The number of rotatable bonds is 6. The van der Waals surface area contributed by atoms with Crippen LogP contribution in [0, 0.1) is 6.92 Å². The van der Waals surface area contributed by atoms with Crippen molar-refractivity contribution in [2.24, 2.45) is 0 Å². The van der Waals surface area contributed by atoms with Gasteiger partial charge in [-0.3, -0.25) is 4.79 Å². The highest BCUT2D eigenvalue weighted by atomic mass is 16.5. The summed E-state index contributed by atoms with van der Waals surface area (Å²) in [6.45, 7) is 1.55. The molecule has 0 atom stereocenters. The number of hydrogen-bond acceptors (Lipinski definition) is 4. The minimum absolute atomic E-state index is 0.333. The number of amides is 1. The van der Waals surface area contributed by atoms with E-state index in [4.69, 9.17) is 9.47 Å². The quantitative estimate of drug-likeness (QED) is 0.654. The van der Waals surface area contributed by atoms with E-state index >= 15 is 0 Å². The lowest BCUT2D eigenvalue weighted by atomic mass is 10.2. The van der Waals surface area contributed by atoms with Crippen LogP contribution in [-0.4, -0.2) is 25.6 Å². The third-order valence-corrected chi connectivity index (χ3v) is 3.29. The van der Waals surface area contributed by atoms with Gasteiger partial charge in [0.15, 0.2) is 6.61 Å². The van der Waals surface area contributed by atoms with Gasteiger partial charge in [-0.2, -0.15) is 0 Å². The summed E-state index contributed by atoms with van der Waals surface area (Å²) in [7, 11) is 1.59. The molecule has 5 heteroatoms. The summed E-state index contributed by atoms with van der Waals surface area (Å²) in [5, 5.41) is 2.70. The minimum Gasteiger partial charge on any atom is -0.497 e. The Morgan fingerprint density at radius 3 is 2.46 bits per heavy atom. The second-order valence-electron chi connectivity index (χ2n) is 5.08. The molecule has 0 unspecified atom stereocenters. The second-order valence-corrected chi connectivity index (χ2v) is 5.08. The number of nitrogens with one attached hydrogen (secondary N) is 1. The van der Waals surface area contributed by atoms with Crippen molar-refractivity contribution in [3.05, 3.63) is 65.7 Å². The molecule has 2 rings (SSSR count). The van der Waals surface area contributed by atoms with Crippen molar-refractivity contribution in [2.45, 2.75) is 6.92 Å². The van der Waals surface area contributed by atoms with Gasteiger partial charge in [-0.05, 0) is 42.3 Å². The molecular weight excluding hydrogens is 306 g/mol. The van der Waals surface area contributed by atoms with Crippen LogP contribution in [0.1, 0.15) is 11.1 Å². The zero-order valence-electron chi connectivity index (χ0n) is 13.6. The van der Waals surface area contributed by atoms with E-state index in [0.29, 0.717) is 5.69 Å². The fourth-order valence-corrected chi connectivity index (χ4v) is 1.96. The van der Waals surface area contributed by atoms with E-state index in [1.54, 1.807) is 31.4 Å². The van der Waals surface area contributed by atoms with Gasteiger partial charge in [0.2, 0.25) is 0 Å². The van der Waals surface area contributed by atoms with E-state index in [0.717, 1.165) is 16.9 Å². The Balaban J connectivity index is 1.80. The molecule has 124 valence electrons. The first-order chi connectivity index (χ1) is 11.6. The number of hydrogen-bond donors (Lipinski definition) is 1. The highest BCUT2D eigenvalue weighted by molar-refractivity contribution is 5.95. The van der Waals surface area contributed by atoms with Crippen molar-refractivity contribution < 1.29 is 19.1 Å². The molecule has 0 spiro atoms. The number of carbonyl (C=O) groups excluding carboxylic acids is 2. The van der Waals surface area contributed by atoms with Crippen LogP contribution >= 0.6 is 0 Å². The van der Waals surface area contributed by atoms with Crippen molar-refractivity contribution in [3.63, 3.8) is 0 Å². The van der Waals surface area contributed by atoms with E-state index in [2.05, 4.69) is 5.32 Å². The van der Waals surface area contributed by atoms with Crippen LogP contribution in [0.15, 0.2) is 54.6 Å². The molecule has 24 heavy (non-hydrogen) atoms. The summed E-state index contributed by atoms with van der Waals surface area (Å²) in [4.78, 5) is 23.4. The highest BCUT2D eigenvalue weighted by Gasteiger charge is 2.06. The third kappa shape index (κ3) is 5.28. The van der Waals surface area contributed by atoms with E-state index in [1.165, 1.54) is 6.08 Å². The predicted octanol–water partition coefficient (Wildman–Crippen LogP) is 3.20. The van der Waals surface area contributed by atoms with E-state index in [-0.39, 0.29) is 12.5 Å². The zero-order valence-corrected chi connectivity index (χ0v) is 13.6. The maximum absolute atomic E-state index is 11.8. The van der Waals surface area contributed by atoms with Gasteiger partial charge in [-0.15, -0.1) is 0 Å². The van der Waals surface area contributed by atoms with Crippen molar-refractivity contribution in [1.82, 2.24) is 0 Å². The Hall–Kier alpha value is -3.08. The van der Waals surface area contributed by atoms with Crippen molar-refractivity contribution in [1.29, 1.82) is 0 Å². The number of carbonyl (C=O) groups is 2. The first-order valence-electron chi connectivity index (χ1n) is 7.43. The summed E-state index contributed by atoms with van der Waals surface area (Å²) in [6.07, 6.45) is 2.89. The lowest BCUT2D eigenvalue weighted by molar-refractivity contribution is -0.142. The monoisotopic (exact) mass is 325 g/mol. The lowest BCUT2D eigenvalue weighted by Crippen LogP contribution is -2.20. The van der Waals surface area contributed by atoms with Gasteiger partial charge in [0.25, 0.3) is 5.91 Å². The minimum atomic E-state index is -0.578. The van der Waals surface area contributed by atoms with Gasteiger partial charge in [-0.1, -0.05) is 30.3 Å². The van der Waals surface area contributed by atoms with Crippen LogP contribution < -0.4 is 10.1 Å². The standard InChI is InChI=1S/C19H19NO4/c1-14-5-3-4-6-17(14)20-18(21)13-24-19(22)12-9-15-7-10-16(23-2)11-8-15/h3-12H,13H2,1-2H3,(H,20,21). The molecule has 5 nitrogen and oxygen atoms in total. The van der Waals surface area contributed by atoms with Gasteiger partial charge < -0.3 is 14.8 Å². The largest absolute Gasteiger partial charge is 0.497 e. The molecule has 0 heterocycles. The Morgan fingerprint density at radius 1 is 1.08 bits per heavy atom. The molecule has 2 aromatic rings. The smallest absolute Gasteiger partial charge is 0.331 e. The summed E-state index contributed by atoms with van der Waals surface area (Å²) in [5.41, 5.74) is 2.47. The predicted molar refractivity (Wildman–Crippen MR) is 92.8 cm³/mol. The number of benzene rings is 2. The average Bonchev–Trinajstić information content (AvgIpc) is 2.60. The molecule has 0 saturated heterocycles. The normalized spacial score (nSPS) is 10.4. The van der Waals surface area contributed by atoms with Crippen LogP contribution in [-0.2, 0) is 14.3 Å². The number of ether oxygens (including phenoxy) is 2. The number of para-hydroxylation sites is 1. The molecule has 0 saturated carbocycles. The van der Waals surface area contributed by atoms with Crippen LogP contribution in [0.2, 0.25) is 0 Å². The average molecular weight is 325 g/mol. The van der Waals surface area contributed by atoms with Gasteiger partial charge >= 0.3 is 5.97 Å². The fourth-order valence-electron chi connectivity index (χ4n) is 1.96. The molecule has 0 aromatic heterocycles. The van der Waals surface area contributed by atoms with Crippen molar-refractivity contribution in [2.75, 3.05) is 19.0 Å². The molecule has 0 aliphatic carbocycles. The molecule has 0 aliphatic rings. The van der Waals surface area contributed by atoms with E-state index in [9.17, 15) is 9.59 Å². The van der Waals surface area contributed by atoms with E-state index < -0.39 is 5.97 Å². The summed E-state index contributed by atoms with van der Waals surface area (Å²) in [6, 6.07) is 14.6. The summed E-state index contributed by atoms with van der Waals surface area (Å²) >= 11 is 0. The molecule has 1 amide bonds. The van der Waals surface area contributed by atoms with Crippen LogP contribution in [0.25, 0.3) is 6.08 Å². The van der Waals surface area contributed by atoms with Crippen molar-refractivity contribution >= 4 is 23.6 Å².